The van der Waals surface area contributed by atoms with E-state index in [1.807, 2.05) is 0 Å². The second kappa shape index (κ2) is 8.05. The van der Waals surface area contributed by atoms with Gasteiger partial charge in [-0.05, 0) is 36.4 Å². The fraction of sp³-hybridized carbons (Fsp3) is 0.105. The zero-order valence-corrected chi connectivity index (χ0v) is 15.0. The van der Waals surface area contributed by atoms with Crippen LogP contribution in [0.4, 0.5) is 30.4 Å². The van der Waals surface area contributed by atoms with Gasteiger partial charge in [-0.2, -0.15) is 18.2 Å². The number of methoxy groups -OCH3 is 1. The Balaban J connectivity index is 1.85. The second-order valence-electron chi connectivity index (χ2n) is 5.73. The maximum absolute atomic E-state index is 13.2. The van der Waals surface area contributed by atoms with Crippen LogP contribution in [0.1, 0.15) is 15.9 Å². The molecule has 1 heterocycles. The summed E-state index contributed by atoms with van der Waals surface area (Å²) in [5.41, 5.74) is 5.14. The van der Waals surface area contributed by atoms with E-state index in [-0.39, 0.29) is 23.1 Å². The number of nitrogens with zero attached hydrogens (tertiary/aromatic N) is 2. The van der Waals surface area contributed by atoms with Gasteiger partial charge in [0.05, 0.1) is 23.9 Å². The first-order valence-electron chi connectivity index (χ1n) is 8.19. The lowest BCUT2D eigenvalue weighted by Crippen LogP contribution is -2.10. The molecule has 0 saturated heterocycles. The van der Waals surface area contributed by atoms with Crippen LogP contribution in [-0.4, -0.2) is 23.0 Å². The predicted molar refractivity (Wildman–Crippen MR) is 99.0 cm³/mol. The molecule has 0 fully saturated rings. The Labute approximate surface area is 163 Å². The highest BCUT2D eigenvalue weighted by atomic mass is 19.4. The molecule has 0 aliphatic rings. The first kappa shape index (κ1) is 19.9. The van der Waals surface area contributed by atoms with E-state index in [1.54, 1.807) is 0 Å². The van der Waals surface area contributed by atoms with Gasteiger partial charge in [0.2, 0.25) is 5.88 Å². The number of anilines is 3. The molecular weight excluding hydrogens is 389 g/mol. The maximum atomic E-state index is 13.2. The van der Waals surface area contributed by atoms with Crippen LogP contribution in [0.15, 0.2) is 54.9 Å². The van der Waals surface area contributed by atoms with Crippen LogP contribution in [0.3, 0.4) is 0 Å². The number of hydrogen-bond donors (Lipinski definition) is 2. The largest absolute Gasteiger partial charge is 0.465 e. The van der Waals surface area contributed by atoms with Crippen molar-refractivity contribution >= 4 is 23.2 Å². The lowest BCUT2D eigenvalue weighted by Gasteiger charge is -2.15. The Hall–Kier alpha value is -3.82. The van der Waals surface area contributed by atoms with Crippen molar-refractivity contribution in [2.24, 2.45) is 0 Å². The number of rotatable bonds is 5. The third-order valence-electron chi connectivity index (χ3n) is 3.82. The summed E-state index contributed by atoms with van der Waals surface area (Å²) in [5, 5.41) is 2.57. The monoisotopic (exact) mass is 404 g/mol. The number of aromatic nitrogens is 2. The third kappa shape index (κ3) is 4.54. The number of esters is 1. The van der Waals surface area contributed by atoms with E-state index in [9.17, 15) is 18.0 Å². The standard InChI is InChI=1S/C19H15F3N4O3/c1-28-18(27)11-6-8-12(9-7-11)29-17-15(23)16(24-10-25-17)26-14-5-3-2-4-13(14)19(20,21)22/h2-10H,23H2,1H3,(H,24,25,26). The Morgan fingerprint density at radius 1 is 1.07 bits per heavy atom. The molecule has 3 aromatic rings. The first-order valence-corrected chi connectivity index (χ1v) is 8.19. The number of carbonyl (C=O) groups is 1. The minimum atomic E-state index is -4.55. The van der Waals surface area contributed by atoms with Gasteiger partial charge in [0.15, 0.2) is 5.82 Å². The minimum Gasteiger partial charge on any atom is -0.465 e. The molecule has 0 spiro atoms. The van der Waals surface area contributed by atoms with Crippen LogP contribution < -0.4 is 15.8 Å². The number of nitrogens with two attached hydrogens (primary N) is 1. The van der Waals surface area contributed by atoms with E-state index < -0.39 is 17.7 Å². The SMILES string of the molecule is COC(=O)c1ccc(Oc2ncnc(Nc3ccccc3C(F)(F)F)c2N)cc1. The van der Waals surface area contributed by atoms with E-state index in [1.165, 1.54) is 49.6 Å². The van der Waals surface area contributed by atoms with Gasteiger partial charge in [0.25, 0.3) is 0 Å². The van der Waals surface area contributed by atoms with E-state index in [4.69, 9.17) is 10.5 Å². The Kier molecular flexibility index (Phi) is 5.53. The molecule has 3 N–H and O–H groups in total. The van der Waals surface area contributed by atoms with Gasteiger partial charge in [0, 0.05) is 0 Å². The van der Waals surface area contributed by atoms with Crippen LogP contribution in [0.5, 0.6) is 11.6 Å². The fourth-order valence-corrected chi connectivity index (χ4v) is 2.42. The van der Waals surface area contributed by atoms with Gasteiger partial charge >= 0.3 is 12.1 Å². The lowest BCUT2D eigenvalue weighted by atomic mass is 10.1. The normalized spacial score (nSPS) is 11.0. The number of alkyl halides is 3. The number of para-hydroxylation sites is 1. The summed E-state index contributed by atoms with van der Waals surface area (Å²) in [4.78, 5) is 19.3. The summed E-state index contributed by atoms with van der Waals surface area (Å²) in [6.07, 6.45) is -3.45. The fourth-order valence-electron chi connectivity index (χ4n) is 2.42. The highest BCUT2D eigenvalue weighted by molar-refractivity contribution is 5.89. The van der Waals surface area contributed by atoms with Crippen molar-refractivity contribution in [3.05, 3.63) is 66.0 Å². The highest BCUT2D eigenvalue weighted by Crippen LogP contribution is 2.37. The van der Waals surface area contributed by atoms with Crippen LogP contribution >= 0.6 is 0 Å². The third-order valence-corrected chi connectivity index (χ3v) is 3.82. The second-order valence-corrected chi connectivity index (χ2v) is 5.73. The predicted octanol–water partition coefficient (Wildman–Crippen LogP) is 4.40. The molecule has 150 valence electrons. The Morgan fingerprint density at radius 2 is 1.76 bits per heavy atom. The van der Waals surface area contributed by atoms with Crippen molar-refractivity contribution in [1.82, 2.24) is 9.97 Å². The number of nitrogens with one attached hydrogen (secondary N) is 1. The first-order chi connectivity index (χ1) is 13.8. The molecular formula is C19H15F3N4O3. The van der Waals surface area contributed by atoms with Crippen LogP contribution in [0.25, 0.3) is 0 Å². The number of nitrogen functional groups attached to an aromatic ring is 1. The summed E-state index contributed by atoms with van der Waals surface area (Å²) < 4.78 is 49.7. The molecule has 0 unspecified atom stereocenters. The molecule has 0 aliphatic heterocycles. The maximum Gasteiger partial charge on any atom is 0.418 e. The lowest BCUT2D eigenvalue weighted by molar-refractivity contribution is -0.136. The number of ether oxygens (including phenoxy) is 2. The molecule has 2 aromatic carbocycles. The molecule has 0 aliphatic carbocycles. The van der Waals surface area contributed by atoms with Crippen molar-refractivity contribution in [3.63, 3.8) is 0 Å². The van der Waals surface area contributed by atoms with Crippen LogP contribution in [0, 0.1) is 0 Å². The average Bonchev–Trinajstić information content (AvgIpc) is 2.70. The molecule has 7 nitrogen and oxygen atoms in total. The molecule has 0 saturated carbocycles. The van der Waals surface area contributed by atoms with Crippen molar-refractivity contribution in [1.29, 1.82) is 0 Å². The van der Waals surface area contributed by atoms with E-state index >= 15 is 0 Å². The Morgan fingerprint density at radius 3 is 2.41 bits per heavy atom. The quantitative estimate of drug-likeness (QED) is 0.608. The zero-order chi connectivity index (χ0) is 21.0. The molecule has 0 atom stereocenters. The van der Waals surface area contributed by atoms with Gasteiger partial charge in [-0.1, -0.05) is 12.1 Å². The highest BCUT2D eigenvalue weighted by Gasteiger charge is 2.33. The zero-order valence-electron chi connectivity index (χ0n) is 15.0. The van der Waals surface area contributed by atoms with Gasteiger partial charge < -0.3 is 20.5 Å². The van der Waals surface area contributed by atoms with Crippen LogP contribution in [0.2, 0.25) is 0 Å². The van der Waals surface area contributed by atoms with E-state index in [2.05, 4.69) is 20.0 Å². The molecule has 10 heteroatoms. The van der Waals surface area contributed by atoms with Crippen molar-refractivity contribution in [2.75, 3.05) is 18.2 Å². The van der Waals surface area contributed by atoms with Gasteiger partial charge in [0.1, 0.15) is 17.8 Å². The molecule has 0 amide bonds. The molecule has 0 bridgehead atoms. The summed E-state index contributed by atoms with van der Waals surface area (Å²) in [7, 11) is 1.26. The van der Waals surface area contributed by atoms with Crippen molar-refractivity contribution in [2.45, 2.75) is 6.18 Å². The van der Waals surface area contributed by atoms with Crippen molar-refractivity contribution < 1.29 is 27.4 Å². The summed E-state index contributed by atoms with van der Waals surface area (Å²) in [6, 6.07) is 10.9. The minimum absolute atomic E-state index is 0.0436. The number of carbonyl (C=O) groups excluding carboxylic acids is 1. The summed E-state index contributed by atoms with van der Waals surface area (Å²) in [6.45, 7) is 0. The number of halogens is 3. The molecule has 29 heavy (non-hydrogen) atoms. The number of benzene rings is 2. The topological polar surface area (TPSA) is 99.4 Å². The summed E-state index contributed by atoms with van der Waals surface area (Å²) >= 11 is 0. The molecule has 1 aromatic heterocycles. The summed E-state index contributed by atoms with van der Waals surface area (Å²) in [5.74, 6) is -0.298. The van der Waals surface area contributed by atoms with Crippen LogP contribution in [-0.2, 0) is 10.9 Å². The average molecular weight is 404 g/mol. The number of hydrogen-bond acceptors (Lipinski definition) is 7. The molecule has 0 radical (unpaired) electrons. The van der Waals surface area contributed by atoms with Gasteiger partial charge in [-0.3, -0.25) is 0 Å². The van der Waals surface area contributed by atoms with E-state index in [0.717, 1.165) is 12.4 Å². The molecule has 3 rings (SSSR count). The van der Waals surface area contributed by atoms with E-state index in [0.29, 0.717) is 11.3 Å². The Bertz CT molecular complexity index is 1020. The van der Waals surface area contributed by atoms with Gasteiger partial charge in [-0.25, -0.2) is 9.78 Å². The van der Waals surface area contributed by atoms with Gasteiger partial charge in [-0.15, -0.1) is 0 Å². The van der Waals surface area contributed by atoms with Crippen molar-refractivity contribution in [3.8, 4) is 11.6 Å². The smallest absolute Gasteiger partial charge is 0.418 e.